The maximum atomic E-state index is 11.0. The number of anilines is 2. The molecule has 1 aromatic rings. The van der Waals surface area contributed by atoms with E-state index < -0.39 is 5.97 Å². The van der Waals surface area contributed by atoms with Crippen LogP contribution in [0.15, 0.2) is 12.1 Å². The summed E-state index contributed by atoms with van der Waals surface area (Å²) < 4.78 is 0. The van der Waals surface area contributed by atoms with Gasteiger partial charge in [0.15, 0.2) is 11.5 Å². The minimum atomic E-state index is -1.03. The summed E-state index contributed by atoms with van der Waals surface area (Å²) in [5.41, 5.74) is 6.49. The monoisotopic (exact) mass is 264 g/mol. The highest BCUT2D eigenvalue weighted by molar-refractivity contribution is 5.87. The summed E-state index contributed by atoms with van der Waals surface area (Å²) in [4.78, 5) is 19.6. The molecule has 1 aliphatic heterocycles. The Morgan fingerprint density at radius 3 is 2.84 bits per heavy atom. The van der Waals surface area contributed by atoms with Gasteiger partial charge >= 0.3 is 5.97 Å². The molecule has 19 heavy (non-hydrogen) atoms. The topological polar surface area (TPSA) is 82.7 Å². The van der Waals surface area contributed by atoms with Crippen molar-refractivity contribution in [2.24, 2.45) is 0 Å². The molecule has 0 radical (unpaired) electrons. The summed E-state index contributed by atoms with van der Waals surface area (Å²) in [5.74, 6) is -0.441. The quantitative estimate of drug-likeness (QED) is 0.843. The van der Waals surface area contributed by atoms with Gasteiger partial charge in [0, 0.05) is 25.7 Å². The molecule has 6 nitrogen and oxygen atoms in total. The molecule has 0 aromatic carbocycles. The van der Waals surface area contributed by atoms with E-state index in [1.165, 1.54) is 6.07 Å². The normalized spacial score (nSPS) is 20.5. The van der Waals surface area contributed by atoms with Crippen molar-refractivity contribution >= 4 is 17.5 Å². The number of aromatic nitrogens is 1. The Morgan fingerprint density at radius 2 is 2.26 bits per heavy atom. The van der Waals surface area contributed by atoms with Gasteiger partial charge in [-0.1, -0.05) is 6.92 Å². The van der Waals surface area contributed by atoms with Crippen molar-refractivity contribution in [2.75, 3.05) is 36.8 Å². The Kier molecular flexibility index (Phi) is 3.90. The molecule has 0 saturated carbocycles. The lowest BCUT2D eigenvalue weighted by atomic mass is 10.2. The summed E-state index contributed by atoms with van der Waals surface area (Å²) in [6, 6.07) is 3.46. The summed E-state index contributed by atoms with van der Waals surface area (Å²) in [5, 5.41) is 9.00. The molecule has 0 bridgehead atoms. The Bertz CT molecular complexity index is 478. The van der Waals surface area contributed by atoms with E-state index in [9.17, 15) is 4.79 Å². The highest BCUT2D eigenvalue weighted by Gasteiger charge is 2.25. The number of hydrogen-bond donors (Lipinski definition) is 2. The first-order chi connectivity index (χ1) is 9.02. The lowest BCUT2D eigenvalue weighted by molar-refractivity contribution is 0.0690. The number of carboxylic acids is 1. The third-order valence-electron chi connectivity index (χ3n) is 3.60. The molecule has 104 valence electrons. The Balaban J connectivity index is 2.22. The minimum Gasteiger partial charge on any atom is -0.477 e. The fourth-order valence-corrected chi connectivity index (χ4v) is 2.49. The number of aromatic carboxylic acids is 1. The van der Waals surface area contributed by atoms with Crippen LogP contribution in [0, 0.1) is 0 Å². The second-order valence-electron chi connectivity index (χ2n) is 4.84. The molecule has 0 aliphatic carbocycles. The average Bonchev–Trinajstić information content (AvgIpc) is 2.38. The van der Waals surface area contributed by atoms with Gasteiger partial charge in [-0.15, -0.1) is 0 Å². The lowest BCUT2D eigenvalue weighted by Gasteiger charge is -2.40. The number of hydrogen-bond acceptors (Lipinski definition) is 5. The van der Waals surface area contributed by atoms with Crippen molar-refractivity contribution in [3.05, 3.63) is 17.8 Å². The highest BCUT2D eigenvalue weighted by Crippen LogP contribution is 2.23. The van der Waals surface area contributed by atoms with E-state index in [0.29, 0.717) is 17.5 Å². The van der Waals surface area contributed by atoms with Crippen molar-refractivity contribution in [1.29, 1.82) is 0 Å². The first-order valence-electron chi connectivity index (χ1n) is 6.51. The number of piperazine rings is 1. The SMILES string of the molecule is CCN1CCN(c2nc(C(=O)O)ccc2N)CC1C. The predicted molar refractivity (Wildman–Crippen MR) is 74.5 cm³/mol. The molecule has 2 heterocycles. The predicted octanol–water partition coefficient (Wildman–Crippen LogP) is 0.892. The summed E-state index contributed by atoms with van der Waals surface area (Å²) >= 11 is 0. The first-order valence-corrected chi connectivity index (χ1v) is 6.51. The van der Waals surface area contributed by atoms with Crippen molar-refractivity contribution in [1.82, 2.24) is 9.88 Å². The standard InChI is InChI=1S/C13H20N4O2/c1-3-16-6-7-17(8-9(16)2)12-10(14)4-5-11(15-12)13(18)19/h4-5,9H,3,6-8,14H2,1-2H3,(H,18,19). The summed E-state index contributed by atoms with van der Waals surface area (Å²) in [6.45, 7) is 7.90. The lowest BCUT2D eigenvalue weighted by Crippen LogP contribution is -2.52. The van der Waals surface area contributed by atoms with Gasteiger partial charge in [-0.2, -0.15) is 0 Å². The Morgan fingerprint density at radius 1 is 1.53 bits per heavy atom. The highest BCUT2D eigenvalue weighted by atomic mass is 16.4. The number of carbonyl (C=O) groups is 1. The van der Waals surface area contributed by atoms with Gasteiger partial charge in [-0.05, 0) is 25.6 Å². The van der Waals surface area contributed by atoms with E-state index in [0.717, 1.165) is 26.2 Å². The smallest absolute Gasteiger partial charge is 0.354 e. The van der Waals surface area contributed by atoms with Crippen LogP contribution in [0.25, 0.3) is 0 Å². The Labute approximate surface area is 112 Å². The van der Waals surface area contributed by atoms with Crippen LogP contribution >= 0.6 is 0 Å². The zero-order valence-electron chi connectivity index (χ0n) is 11.3. The number of rotatable bonds is 3. The molecule has 3 N–H and O–H groups in total. The molecule has 1 unspecified atom stereocenters. The van der Waals surface area contributed by atoms with Crippen molar-refractivity contribution in [3.63, 3.8) is 0 Å². The number of nitrogen functional groups attached to an aromatic ring is 1. The molecule has 1 atom stereocenters. The van der Waals surface area contributed by atoms with Gasteiger partial charge in [-0.25, -0.2) is 9.78 Å². The molecule has 0 spiro atoms. The molecular formula is C13H20N4O2. The molecule has 0 amide bonds. The van der Waals surface area contributed by atoms with Crippen LogP contribution in [0.3, 0.4) is 0 Å². The third kappa shape index (κ3) is 2.78. The van der Waals surface area contributed by atoms with E-state index in [-0.39, 0.29) is 5.69 Å². The molecule has 1 saturated heterocycles. The van der Waals surface area contributed by atoms with E-state index in [1.807, 2.05) is 0 Å². The van der Waals surface area contributed by atoms with Crippen LogP contribution in [0.1, 0.15) is 24.3 Å². The Hall–Kier alpha value is -1.82. The van der Waals surface area contributed by atoms with Gasteiger partial charge in [-0.3, -0.25) is 4.90 Å². The van der Waals surface area contributed by atoms with Gasteiger partial charge in [0.1, 0.15) is 0 Å². The molecule has 6 heteroatoms. The van der Waals surface area contributed by atoms with Crippen LogP contribution in [-0.2, 0) is 0 Å². The second-order valence-corrected chi connectivity index (χ2v) is 4.84. The third-order valence-corrected chi connectivity index (χ3v) is 3.60. The molecular weight excluding hydrogens is 244 g/mol. The zero-order valence-corrected chi connectivity index (χ0v) is 11.3. The number of nitrogens with two attached hydrogens (primary N) is 1. The maximum Gasteiger partial charge on any atom is 0.354 e. The van der Waals surface area contributed by atoms with E-state index in [2.05, 4.69) is 28.6 Å². The molecule has 1 fully saturated rings. The largest absolute Gasteiger partial charge is 0.477 e. The molecule has 1 aromatic heterocycles. The van der Waals surface area contributed by atoms with Crippen molar-refractivity contribution in [3.8, 4) is 0 Å². The average molecular weight is 264 g/mol. The van der Waals surface area contributed by atoms with Crippen LogP contribution in [0.5, 0.6) is 0 Å². The number of nitrogens with zero attached hydrogens (tertiary/aromatic N) is 3. The van der Waals surface area contributed by atoms with Crippen LogP contribution in [0.2, 0.25) is 0 Å². The summed E-state index contributed by atoms with van der Waals surface area (Å²) in [6.07, 6.45) is 0. The second kappa shape index (κ2) is 5.44. The van der Waals surface area contributed by atoms with Gasteiger partial charge in [0.05, 0.1) is 5.69 Å². The van der Waals surface area contributed by atoms with Gasteiger partial charge in [0.25, 0.3) is 0 Å². The van der Waals surface area contributed by atoms with E-state index in [1.54, 1.807) is 6.07 Å². The van der Waals surface area contributed by atoms with Crippen LogP contribution in [-0.4, -0.2) is 53.2 Å². The summed E-state index contributed by atoms with van der Waals surface area (Å²) in [7, 11) is 0. The number of pyridine rings is 1. The van der Waals surface area contributed by atoms with Gasteiger partial charge < -0.3 is 15.7 Å². The first kappa shape index (κ1) is 13.6. The van der Waals surface area contributed by atoms with Gasteiger partial charge in [0.2, 0.25) is 0 Å². The number of likely N-dealkylation sites (N-methyl/N-ethyl adjacent to an activating group) is 1. The molecule has 1 aliphatic rings. The maximum absolute atomic E-state index is 11.0. The molecule has 2 rings (SSSR count). The fourth-order valence-electron chi connectivity index (χ4n) is 2.49. The number of carboxylic acid groups (broad SMARTS) is 1. The van der Waals surface area contributed by atoms with E-state index in [4.69, 9.17) is 10.8 Å². The fraction of sp³-hybridized carbons (Fsp3) is 0.538. The van der Waals surface area contributed by atoms with Crippen LogP contribution < -0.4 is 10.6 Å². The van der Waals surface area contributed by atoms with Crippen LogP contribution in [0.4, 0.5) is 11.5 Å². The van der Waals surface area contributed by atoms with E-state index >= 15 is 0 Å². The van der Waals surface area contributed by atoms with Crippen molar-refractivity contribution < 1.29 is 9.90 Å². The zero-order chi connectivity index (χ0) is 14.0. The van der Waals surface area contributed by atoms with Crippen molar-refractivity contribution in [2.45, 2.75) is 19.9 Å². The minimum absolute atomic E-state index is 0.0368.